The molecule has 0 heterocycles. The van der Waals surface area contributed by atoms with Crippen LogP contribution in [-0.2, 0) is 0 Å². The first-order valence-corrected chi connectivity index (χ1v) is 8.08. The summed E-state index contributed by atoms with van der Waals surface area (Å²) in [5, 5.41) is 0.356. The van der Waals surface area contributed by atoms with Crippen LogP contribution in [0.1, 0.15) is 56.8 Å². The Morgan fingerprint density at radius 1 is 1.06 bits per heavy atom. The van der Waals surface area contributed by atoms with Crippen LogP contribution in [-0.4, -0.2) is 5.75 Å². The molecule has 0 amide bonds. The minimum Gasteiger partial charge on any atom is -0.141 e. The van der Waals surface area contributed by atoms with Crippen molar-refractivity contribution in [3.8, 4) is 11.8 Å². The summed E-state index contributed by atoms with van der Waals surface area (Å²) in [6.07, 6.45) is 6.03. The highest BCUT2D eigenvalue weighted by Crippen LogP contribution is 2.28. The summed E-state index contributed by atoms with van der Waals surface area (Å²) in [6, 6.07) is 10.7. The fourth-order valence-electron chi connectivity index (χ4n) is 1.62. The second-order valence-electron chi connectivity index (χ2n) is 4.44. The van der Waals surface area contributed by atoms with Crippen LogP contribution in [0.2, 0.25) is 0 Å². The maximum absolute atomic E-state index is 3.44. The van der Waals surface area contributed by atoms with Crippen LogP contribution >= 0.6 is 11.8 Å². The van der Waals surface area contributed by atoms with Gasteiger partial charge in [-0.3, -0.25) is 0 Å². The largest absolute Gasteiger partial charge is 0.141 e. The number of benzene rings is 1. The van der Waals surface area contributed by atoms with Crippen LogP contribution in [0.3, 0.4) is 0 Å². The summed E-state index contributed by atoms with van der Waals surface area (Å²) in [6.45, 7) is 4.46. The summed E-state index contributed by atoms with van der Waals surface area (Å²) < 4.78 is 0. The number of rotatable bonds is 7. The molecule has 1 rings (SSSR count). The first-order chi connectivity index (χ1) is 8.88. The van der Waals surface area contributed by atoms with Gasteiger partial charge in [-0.1, -0.05) is 62.9 Å². The molecule has 1 atom stereocenters. The van der Waals surface area contributed by atoms with Crippen LogP contribution in [0.25, 0.3) is 0 Å². The average Bonchev–Trinajstić information content (AvgIpc) is 2.42. The second kappa shape index (κ2) is 10.1. The van der Waals surface area contributed by atoms with Gasteiger partial charge in [-0.25, -0.2) is 0 Å². The Balaban J connectivity index is 2.59. The Morgan fingerprint density at radius 2 is 1.78 bits per heavy atom. The van der Waals surface area contributed by atoms with Crippen molar-refractivity contribution in [3.63, 3.8) is 0 Å². The monoisotopic (exact) mass is 260 g/mol. The molecule has 0 saturated carbocycles. The number of thioether (sulfide) groups is 1. The van der Waals surface area contributed by atoms with Gasteiger partial charge in [0.2, 0.25) is 0 Å². The van der Waals surface area contributed by atoms with Crippen molar-refractivity contribution in [3.05, 3.63) is 35.9 Å². The van der Waals surface area contributed by atoms with Crippen molar-refractivity contribution in [2.24, 2.45) is 0 Å². The molecule has 0 aromatic heterocycles. The highest BCUT2D eigenvalue weighted by Gasteiger charge is 2.07. The minimum absolute atomic E-state index is 0.356. The van der Waals surface area contributed by atoms with Gasteiger partial charge in [0, 0.05) is 6.42 Å². The van der Waals surface area contributed by atoms with Gasteiger partial charge < -0.3 is 0 Å². The predicted molar refractivity (Wildman–Crippen MR) is 83.9 cm³/mol. The van der Waals surface area contributed by atoms with E-state index in [-0.39, 0.29) is 0 Å². The van der Waals surface area contributed by atoms with Gasteiger partial charge in [0.05, 0.1) is 5.25 Å². The van der Waals surface area contributed by atoms with E-state index in [1.807, 2.05) is 11.8 Å². The molecular formula is C17H24S. The molecule has 0 saturated heterocycles. The molecule has 0 spiro atoms. The third-order valence-corrected chi connectivity index (χ3v) is 4.02. The lowest BCUT2D eigenvalue weighted by Gasteiger charge is -2.10. The highest BCUT2D eigenvalue weighted by atomic mass is 32.2. The van der Waals surface area contributed by atoms with Crippen molar-refractivity contribution in [1.82, 2.24) is 0 Å². The molecule has 0 nitrogen and oxygen atoms in total. The fraction of sp³-hybridized carbons (Fsp3) is 0.529. The number of unbranched alkanes of at least 4 members (excludes halogenated alkanes) is 3. The molecule has 0 bridgehead atoms. The van der Waals surface area contributed by atoms with Crippen LogP contribution in [0.5, 0.6) is 0 Å². The second-order valence-corrected chi connectivity index (χ2v) is 5.65. The Bertz CT molecular complexity index is 358. The number of hydrogen-bond acceptors (Lipinski definition) is 1. The molecule has 1 aromatic rings. The Hall–Kier alpha value is -0.870. The van der Waals surface area contributed by atoms with Gasteiger partial charge in [-0.05, 0) is 24.2 Å². The van der Waals surface area contributed by atoms with Crippen molar-refractivity contribution in [2.75, 3.05) is 5.75 Å². The zero-order chi connectivity index (χ0) is 13.1. The number of hydrogen-bond donors (Lipinski definition) is 0. The van der Waals surface area contributed by atoms with Gasteiger partial charge in [0.25, 0.3) is 0 Å². The van der Waals surface area contributed by atoms with Gasteiger partial charge in [0.15, 0.2) is 0 Å². The highest BCUT2D eigenvalue weighted by molar-refractivity contribution is 7.99. The van der Waals surface area contributed by atoms with Crippen LogP contribution in [0, 0.1) is 11.8 Å². The summed E-state index contributed by atoms with van der Waals surface area (Å²) in [7, 11) is 0. The lowest BCUT2D eigenvalue weighted by molar-refractivity contribution is 0.827. The molecule has 1 aromatic carbocycles. The van der Waals surface area contributed by atoms with Crippen molar-refractivity contribution < 1.29 is 0 Å². The standard InChI is InChI=1S/C17H24S/c1-3-5-7-11-14-17(18-15-6-4-2)16-12-9-8-10-13-16/h8-10,12-13,17H,3-7,15H2,1-2H3. The van der Waals surface area contributed by atoms with Gasteiger partial charge in [-0.2, -0.15) is 0 Å². The van der Waals surface area contributed by atoms with Crippen LogP contribution < -0.4 is 0 Å². The first kappa shape index (κ1) is 15.2. The summed E-state index contributed by atoms with van der Waals surface area (Å²) in [5.41, 5.74) is 1.35. The van der Waals surface area contributed by atoms with E-state index >= 15 is 0 Å². The van der Waals surface area contributed by atoms with E-state index in [4.69, 9.17) is 0 Å². The van der Waals surface area contributed by atoms with Gasteiger partial charge >= 0.3 is 0 Å². The molecule has 0 radical (unpaired) electrons. The molecule has 1 heteroatoms. The summed E-state index contributed by atoms with van der Waals surface area (Å²) in [5.74, 6) is 7.99. The van der Waals surface area contributed by atoms with E-state index in [1.165, 1.54) is 37.0 Å². The van der Waals surface area contributed by atoms with Gasteiger partial charge in [0.1, 0.15) is 0 Å². The zero-order valence-corrected chi connectivity index (χ0v) is 12.4. The summed E-state index contributed by atoms with van der Waals surface area (Å²) >= 11 is 1.98. The Labute approximate surface area is 117 Å². The molecule has 18 heavy (non-hydrogen) atoms. The first-order valence-electron chi connectivity index (χ1n) is 7.03. The van der Waals surface area contributed by atoms with E-state index in [0.717, 1.165) is 6.42 Å². The van der Waals surface area contributed by atoms with E-state index in [1.54, 1.807) is 0 Å². The smallest absolute Gasteiger partial charge is 0.0905 e. The molecule has 1 unspecified atom stereocenters. The van der Waals surface area contributed by atoms with E-state index in [0.29, 0.717) is 5.25 Å². The van der Waals surface area contributed by atoms with Crippen LogP contribution in [0.4, 0.5) is 0 Å². The molecule has 0 fully saturated rings. The van der Waals surface area contributed by atoms with E-state index in [9.17, 15) is 0 Å². The topological polar surface area (TPSA) is 0 Å². The lowest BCUT2D eigenvalue weighted by Crippen LogP contribution is -1.92. The SMILES string of the molecule is CCCCC#CC(SCCCC)c1ccccc1. The third-order valence-electron chi connectivity index (χ3n) is 2.77. The average molecular weight is 260 g/mol. The molecule has 98 valence electrons. The Kier molecular flexibility index (Phi) is 8.51. The molecule has 0 aliphatic rings. The normalized spacial score (nSPS) is 11.7. The van der Waals surface area contributed by atoms with Crippen molar-refractivity contribution in [1.29, 1.82) is 0 Å². The molecule has 0 aliphatic heterocycles. The summed E-state index contributed by atoms with van der Waals surface area (Å²) in [4.78, 5) is 0. The maximum Gasteiger partial charge on any atom is 0.0905 e. The maximum atomic E-state index is 3.44. The third kappa shape index (κ3) is 6.17. The molecule has 0 aliphatic carbocycles. The zero-order valence-electron chi connectivity index (χ0n) is 11.6. The van der Waals surface area contributed by atoms with Crippen molar-refractivity contribution in [2.45, 2.75) is 51.2 Å². The minimum atomic E-state index is 0.356. The van der Waals surface area contributed by atoms with E-state index in [2.05, 4.69) is 56.0 Å². The fourth-order valence-corrected chi connectivity index (χ4v) is 2.83. The van der Waals surface area contributed by atoms with Crippen LogP contribution in [0.15, 0.2) is 30.3 Å². The van der Waals surface area contributed by atoms with E-state index < -0.39 is 0 Å². The Morgan fingerprint density at radius 3 is 2.44 bits per heavy atom. The molecular weight excluding hydrogens is 236 g/mol. The quantitative estimate of drug-likeness (QED) is 0.464. The van der Waals surface area contributed by atoms with Gasteiger partial charge in [-0.15, -0.1) is 17.7 Å². The predicted octanol–water partition coefficient (Wildman–Crippen LogP) is 5.45. The molecule has 0 N–H and O–H groups in total. The van der Waals surface area contributed by atoms with Crippen molar-refractivity contribution >= 4 is 11.8 Å². The lowest BCUT2D eigenvalue weighted by atomic mass is 10.1.